The third-order valence-electron chi connectivity index (χ3n) is 2.83. The predicted octanol–water partition coefficient (Wildman–Crippen LogP) is 3.28. The molecule has 23 heavy (non-hydrogen) atoms. The van der Waals surface area contributed by atoms with Crippen molar-refractivity contribution >= 4 is 33.4 Å². The van der Waals surface area contributed by atoms with Crippen molar-refractivity contribution in [1.29, 1.82) is 0 Å². The van der Waals surface area contributed by atoms with Gasteiger partial charge in [0, 0.05) is 18.4 Å². The van der Waals surface area contributed by atoms with Gasteiger partial charge in [0.2, 0.25) is 0 Å². The monoisotopic (exact) mass is 392 g/mol. The van der Waals surface area contributed by atoms with E-state index >= 15 is 0 Å². The fraction of sp³-hybridized carbons (Fsp3) is 0.333. The zero-order chi connectivity index (χ0) is 17.5. The van der Waals surface area contributed by atoms with E-state index in [1.807, 2.05) is 0 Å². The summed E-state index contributed by atoms with van der Waals surface area (Å²) in [5, 5.41) is 3.29. The summed E-state index contributed by atoms with van der Waals surface area (Å²) in [5.41, 5.74) is -0.104. The highest BCUT2D eigenvalue weighted by Gasteiger charge is 2.43. The first-order chi connectivity index (χ1) is 10.8. The molecule has 126 valence electrons. The average molecular weight is 393 g/mol. The Morgan fingerprint density at radius 3 is 2.52 bits per heavy atom. The van der Waals surface area contributed by atoms with Crippen LogP contribution < -0.4 is 10.2 Å². The molecule has 4 nitrogen and oxygen atoms in total. The lowest BCUT2D eigenvalue weighted by atomic mass is 10.1. The van der Waals surface area contributed by atoms with Crippen molar-refractivity contribution in [2.45, 2.75) is 12.6 Å². The first kappa shape index (κ1) is 19.2. The Morgan fingerprint density at radius 1 is 1.30 bits per heavy atom. The Balaban J connectivity index is 3.15. The number of carbonyl (C=O) groups is 2. The smallest absolute Gasteiger partial charge is 0.352 e. The van der Waals surface area contributed by atoms with Crippen molar-refractivity contribution in [2.24, 2.45) is 0 Å². The van der Waals surface area contributed by atoms with E-state index in [2.05, 4.69) is 27.8 Å². The fourth-order valence-electron chi connectivity index (χ4n) is 1.84. The van der Waals surface area contributed by atoms with Crippen molar-refractivity contribution in [2.75, 3.05) is 23.3 Å². The third-order valence-corrected chi connectivity index (χ3v) is 3.40. The molecule has 0 aliphatic carbocycles. The van der Waals surface area contributed by atoms with E-state index in [0.29, 0.717) is 23.2 Å². The third kappa shape index (κ3) is 5.38. The Hall–Kier alpha value is -1.83. The number of rotatable bonds is 7. The van der Waals surface area contributed by atoms with E-state index in [9.17, 15) is 22.8 Å². The normalized spacial score (nSPS) is 11.0. The lowest BCUT2D eigenvalue weighted by Crippen LogP contribution is -2.42. The second kappa shape index (κ2) is 8.71. The summed E-state index contributed by atoms with van der Waals surface area (Å²) in [6, 6.07) is 5.66. The summed E-state index contributed by atoms with van der Waals surface area (Å²) < 4.78 is 38.3. The highest BCUT2D eigenvalue weighted by atomic mass is 79.9. The molecule has 0 atom stereocenters. The van der Waals surface area contributed by atoms with Crippen LogP contribution in [0.5, 0.6) is 0 Å². The minimum Gasteiger partial charge on any atom is -0.352 e. The highest BCUT2D eigenvalue weighted by molar-refractivity contribution is 9.09. The second-order valence-electron chi connectivity index (χ2n) is 4.52. The Labute approximate surface area is 140 Å². The molecule has 0 bridgehead atoms. The first-order valence-electron chi connectivity index (χ1n) is 6.75. The summed E-state index contributed by atoms with van der Waals surface area (Å²) in [5.74, 6) is -2.58. The SMILES string of the molecule is C=CCN(C(=O)C(F)(F)F)c1ccccc1C(=O)NCCCBr. The number of hydrogen-bond donors (Lipinski definition) is 1. The molecule has 0 aromatic heterocycles. The van der Waals surface area contributed by atoms with Crippen LogP contribution >= 0.6 is 15.9 Å². The van der Waals surface area contributed by atoms with Crippen LogP contribution in [0.1, 0.15) is 16.8 Å². The van der Waals surface area contributed by atoms with E-state index in [4.69, 9.17) is 0 Å². The standard InChI is InChI=1S/C15H16BrF3N2O2/c1-2-10-21(14(23)15(17,18)19)12-7-4-3-6-11(12)13(22)20-9-5-8-16/h2-4,6-7H,1,5,8-10H2,(H,20,22). The zero-order valence-corrected chi connectivity index (χ0v) is 13.8. The molecular weight excluding hydrogens is 377 g/mol. The van der Waals surface area contributed by atoms with Crippen LogP contribution in [0.15, 0.2) is 36.9 Å². The molecule has 0 aliphatic rings. The van der Waals surface area contributed by atoms with Crippen LogP contribution in [0.3, 0.4) is 0 Å². The van der Waals surface area contributed by atoms with E-state index in [1.54, 1.807) is 0 Å². The minimum atomic E-state index is -5.04. The number of carbonyl (C=O) groups excluding carboxylic acids is 2. The van der Waals surface area contributed by atoms with E-state index in [1.165, 1.54) is 30.3 Å². The zero-order valence-electron chi connectivity index (χ0n) is 12.2. The predicted molar refractivity (Wildman–Crippen MR) is 85.8 cm³/mol. The van der Waals surface area contributed by atoms with Crippen molar-refractivity contribution < 1.29 is 22.8 Å². The molecule has 0 spiro atoms. The molecule has 0 fully saturated rings. The van der Waals surface area contributed by atoms with E-state index in [0.717, 1.165) is 0 Å². The second-order valence-corrected chi connectivity index (χ2v) is 5.31. The summed E-state index contributed by atoms with van der Waals surface area (Å²) in [6.45, 7) is 3.37. The Morgan fingerprint density at radius 2 is 1.96 bits per heavy atom. The van der Waals surface area contributed by atoms with Crippen LogP contribution in [-0.4, -0.2) is 36.4 Å². The summed E-state index contributed by atoms with van der Waals surface area (Å²) in [4.78, 5) is 24.2. The van der Waals surface area contributed by atoms with Crippen LogP contribution in [0.25, 0.3) is 0 Å². The molecule has 0 aliphatic heterocycles. The largest absolute Gasteiger partial charge is 0.471 e. The van der Waals surface area contributed by atoms with Crippen molar-refractivity contribution in [3.8, 4) is 0 Å². The molecule has 0 heterocycles. The maximum Gasteiger partial charge on any atom is 0.471 e. The molecular formula is C15H16BrF3N2O2. The van der Waals surface area contributed by atoms with Gasteiger partial charge in [-0.05, 0) is 18.6 Å². The van der Waals surface area contributed by atoms with Gasteiger partial charge in [0.1, 0.15) is 0 Å². The molecule has 0 radical (unpaired) electrons. The van der Waals surface area contributed by atoms with Gasteiger partial charge in [-0.1, -0.05) is 34.1 Å². The number of benzene rings is 1. The number of alkyl halides is 4. The number of para-hydroxylation sites is 1. The number of hydrogen-bond acceptors (Lipinski definition) is 2. The fourth-order valence-corrected chi connectivity index (χ4v) is 2.12. The van der Waals surface area contributed by atoms with Gasteiger partial charge in [0.05, 0.1) is 11.3 Å². The van der Waals surface area contributed by atoms with E-state index < -0.39 is 18.0 Å². The molecule has 0 saturated carbocycles. The Bertz CT molecular complexity index is 576. The van der Waals surface area contributed by atoms with Gasteiger partial charge in [-0.3, -0.25) is 14.5 Å². The van der Waals surface area contributed by atoms with Crippen molar-refractivity contribution in [3.63, 3.8) is 0 Å². The minimum absolute atomic E-state index is 0.00141. The van der Waals surface area contributed by atoms with Crippen molar-refractivity contribution in [1.82, 2.24) is 5.32 Å². The lowest BCUT2D eigenvalue weighted by molar-refractivity contribution is -0.170. The highest BCUT2D eigenvalue weighted by Crippen LogP contribution is 2.26. The maximum atomic E-state index is 12.8. The molecule has 0 saturated heterocycles. The topological polar surface area (TPSA) is 49.4 Å². The van der Waals surface area contributed by atoms with Gasteiger partial charge in [0.15, 0.2) is 0 Å². The molecule has 2 amide bonds. The molecule has 8 heteroatoms. The quantitative estimate of drug-likeness (QED) is 0.439. The van der Waals surface area contributed by atoms with Gasteiger partial charge >= 0.3 is 12.1 Å². The number of anilines is 1. The molecule has 1 N–H and O–H groups in total. The van der Waals surface area contributed by atoms with Gasteiger partial charge in [-0.2, -0.15) is 13.2 Å². The number of nitrogens with one attached hydrogen (secondary N) is 1. The molecule has 0 unspecified atom stereocenters. The lowest BCUT2D eigenvalue weighted by Gasteiger charge is -2.24. The molecule has 1 aromatic carbocycles. The summed E-state index contributed by atoms with van der Waals surface area (Å²) in [7, 11) is 0. The van der Waals surface area contributed by atoms with Crippen LogP contribution in [-0.2, 0) is 4.79 Å². The molecule has 1 rings (SSSR count). The Kier molecular flexibility index (Phi) is 7.28. The van der Waals surface area contributed by atoms with Gasteiger partial charge < -0.3 is 5.32 Å². The van der Waals surface area contributed by atoms with Gasteiger partial charge in [-0.15, -0.1) is 6.58 Å². The number of nitrogens with zero attached hydrogens (tertiary/aromatic N) is 1. The van der Waals surface area contributed by atoms with Crippen molar-refractivity contribution in [3.05, 3.63) is 42.5 Å². The van der Waals surface area contributed by atoms with Crippen LogP contribution in [0.2, 0.25) is 0 Å². The van der Waals surface area contributed by atoms with Gasteiger partial charge in [-0.25, -0.2) is 0 Å². The van der Waals surface area contributed by atoms with Crippen LogP contribution in [0, 0.1) is 0 Å². The summed E-state index contributed by atoms with van der Waals surface area (Å²) in [6.07, 6.45) is -3.20. The number of halogens is 4. The first-order valence-corrected chi connectivity index (χ1v) is 7.87. The number of amides is 2. The molecule has 1 aromatic rings. The average Bonchev–Trinajstić information content (AvgIpc) is 2.51. The summed E-state index contributed by atoms with van der Waals surface area (Å²) >= 11 is 3.21. The van der Waals surface area contributed by atoms with Gasteiger partial charge in [0.25, 0.3) is 5.91 Å². The maximum absolute atomic E-state index is 12.8. The van der Waals surface area contributed by atoms with E-state index in [-0.39, 0.29) is 17.8 Å². The van der Waals surface area contributed by atoms with Crippen LogP contribution in [0.4, 0.5) is 18.9 Å².